The number of para-hydroxylation sites is 4. The molecule has 0 aliphatic rings. The summed E-state index contributed by atoms with van der Waals surface area (Å²) in [7, 11) is 0. The van der Waals surface area contributed by atoms with Crippen molar-refractivity contribution >= 4 is 82.5 Å². The molecular weight excluding hydrogens is 649 g/mol. The van der Waals surface area contributed by atoms with Crippen molar-refractivity contribution in [3.8, 4) is 17.2 Å². The summed E-state index contributed by atoms with van der Waals surface area (Å²) in [6, 6.07) is 63.7. The molecule has 11 rings (SSSR count). The molecule has 0 saturated heterocycles. The second-order valence-electron chi connectivity index (χ2n) is 13.5. The lowest BCUT2D eigenvalue weighted by molar-refractivity contribution is 0.669. The number of nitrogens with zero attached hydrogens (tertiary/aromatic N) is 4. The van der Waals surface area contributed by atoms with Gasteiger partial charge in [-0.3, -0.25) is 4.57 Å². The molecule has 0 saturated carbocycles. The van der Waals surface area contributed by atoms with Crippen LogP contribution >= 0.6 is 0 Å². The number of hydrogen-bond acceptors (Lipinski definition) is 4. The number of aromatic nitrogens is 3. The van der Waals surface area contributed by atoms with Crippen molar-refractivity contribution in [1.82, 2.24) is 14.5 Å². The van der Waals surface area contributed by atoms with E-state index in [-0.39, 0.29) is 0 Å². The summed E-state index contributed by atoms with van der Waals surface area (Å²) in [6.45, 7) is 0. The van der Waals surface area contributed by atoms with Gasteiger partial charge in [-0.1, -0.05) is 109 Å². The van der Waals surface area contributed by atoms with Crippen LogP contribution in [0.3, 0.4) is 0 Å². The minimum Gasteiger partial charge on any atom is -0.456 e. The normalized spacial score (nSPS) is 11.8. The Labute approximate surface area is 304 Å². The highest BCUT2D eigenvalue weighted by Gasteiger charge is 2.20. The van der Waals surface area contributed by atoms with Gasteiger partial charge in [-0.2, -0.15) is 0 Å². The van der Waals surface area contributed by atoms with Crippen LogP contribution in [-0.4, -0.2) is 14.5 Å². The second-order valence-corrected chi connectivity index (χ2v) is 13.5. The third-order valence-corrected chi connectivity index (χ3v) is 10.3. The van der Waals surface area contributed by atoms with E-state index in [9.17, 15) is 0 Å². The molecule has 5 heteroatoms. The Bertz CT molecular complexity index is 3140. The molecule has 0 amide bonds. The summed E-state index contributed by atoms with van der Waals surface area (Å²) in [6.07, 6.45) is 0. The molecule has 11 aromatic rings. The summed E-state index contributed by atoms with van der Waals surface area (Å²) in [5, 5.41) is 7.83. The van der Waals surface area contributed by atoms with Crippen LogP contribution in [0.15, 0.2) is 186 Å². The van der Waals surface area contributed by atoms with Gasteiger partial charge in [0.15, 0.2) is 0 Å². The molecule has 3 heterocycles. The molecule has 0 radical (unpaired) electrons. The Morgan fingerprint density at radius 1 is 0.415 bits per heavy atom. The van der Waals surface area contributed by atoms with Crippen molar-refractivity contribution in [3.05, 3.63) is 182 Å². The van der Waals surface area contributed by atoms with Gasteiger partial charge in [0.05, 0.1) is 22.2 Å². The first kappa shape index (κ1) is 29.5. The molecule has 3 aromatic heterocycles. The molecule has 0 atom stereocenters. The maximum atomic E-state index is 6.51. The van der Waals surface area contributed by atoms with Crippen molar-refractivity contribution in [3.63, 3.8) is 0 Å². The average molecular weight is 679 g/mol. The molecule has 8 aromatic carbocycles. The van der Waals surface area contributed by atoms with Gasteiger partial charge >= 0.3 is 0 Å². The summed E-state index contributed by atoms with van der Waals surface area (Å²) in [5.74, 6) is 0.615. The van der Waals surface area contributed by atoms with Gasteiger partial charge in [0, 0.05) is 49.6 Å². The van der Waals surface area contributed by atoms with Crippen molar-refractivity contribution in [1.29, 1.82) is 0 Å². The van der Waals surface area contributed by atoms with Crippen LogP contribution in [0.2, 0.25) is 0 Å². The number of furan rings is 1. The molecule has 0 fully saturated rings. The van der Waals surface area contributed by atoms with E-state index in [2.05, 4.69) is 185 Å². The smallest absolute Gasteiger partial charge is 0.235 e. The Balaban J connectivity index is 1.14. The lowest BCUT2D eigenvalue weighted by atomic mass is 10.0. The number of anilines is 3. The highest BCUT2D eigenvalue weighted by atomic mass is 16.3. The van der Waals surface area contributed by atoms with Crippen molar-refractivity contribution in [2.24, 2.45) is 0 Å². The average Bonchev–Trinajstić information content (AvgIpc) is 3.74. The van der Waals surface area contributed by atoms with Gasteiger partial charge in [-0.15, -0.1) is 0 Å². The third-order valence-electron chi connectivity index (χ3n) is 10.3. The summed E-state index contributed by atoms with van der Waals surface area (Å²) >= 11 is 0. The van der Waals surface area contributed by atoms with Crippen molar-refractivity contribution in [2.45, 2.75) is 0 Å². The Kier molecular flexibility index (Phi) is 6.48. The predicted molar refractivity (Wildman–Crippen MR) is 219 cm³/mol. The molecule has 0 unspecified atom stereocenters. The molecule has 0 aliphatic carbocycles. The number of rotatable bonds is 5. The van der Waals surface area contributed by atoms with Crippen LogP contribution in [0.25, 0.3) is 82.6 Å². The van der Waals surface area contributed by atoms with Gasteiger partial charge in [-0.25, -0.2) is 9.97 Å². The lowest BCUT2D eigenvalue weighted by Gasteiger charge is -2.25. The van der Waals surface area contributed by atoms with E-state index >= 15 is 0 Å². The Morgan fingerprint density at radius 2 is 1.04 bits per heavy atom. The maximum absolute atomic E-state index is 6.51. The van der Waals surface area contributed by atoms with Crippen LogP contribution in [-0.2, 0) is 0 Å². The quantitative estimate of drug-likeness (QED) is 0.182. The zero-order valence-corrected chi connectivity index (χ0v) is 28.5. The fourth-order valence-electron chi connectivity index (χ4n) is 7.91. The number of hydrogen-bond donors (Lipinski definition) is 0. The zero-order valence-electron chi connectivity index (χ0n) is 28.5. The Hall–Kier alpha value is -7.24. The molecule has 248 valence electrons. The molecule has 5 nitrogen and oxygen atoms in total. The standard InChI is InChI=1S/C48H30N4O/c1-3-15-34(16-4-1)51(35-17-5-2-6-18-35)36-24-26-38-37-19-10-12-22-43(37)52(44(38)30-36)48-49-42-21-11-9-20-40(42)47(50-48)33-23-25-39-41-27-31-13-7-8-14-32(31)28-46(41)53-45(39)29-33/h1-30H. The number of fused-ring (bicyclic) bond motifs is 8. The van der Waals surface area contributed by atoms with Gasteiger partial charge in [-0.05, 0) is 83.6 Å². The molecule has 0 N–H and O–H groups in total. The van der Waals surface area contributed by atoms with Crippen LogP contribution in [0.5, 0.6) is 0 Å². The molecule has 0 bridgehead atoms. The highest BCUT2D eigenvalue weighted by molar-refractivity contribution is 6.12. The van der Waals surface area contributed by atoms with E-state index in [1.165, 1.54) is 5.39 Å². The first-order chi connectivity index (χ1) is 26.3. The monoisotopic (exact) mass is 678 g/mol. The molecular formula is C48H30N4O. The van der Waals surface area contributed by atoms with E-state index in [1.807, 2.05) is 6.07 Å². The third kappa shape index (κ3) is 4.71. The minimum absolute atomic E-state index is 0.615. The SMILES string of the molecule is c1ccc(N(c2ccccc2)c2ccc3c4ccccc4n(-c4nc(-c5ccc6c(c5)oc5cc7ccccc7cc56)c5ccccc5n4)c3c2)cc1. The van der Waals surface area contributed by atoms with Gasteiger partial charge in [0.2, 0.25) is 5.95 Å². The second kappa shape index (κ2) is 11.7. The first-order valence-electron chi connectivity index (χ1n) is 17.8. The van der Waals surface area contributed by atoms with Gasteiger partial charge < -0.3 is 9.32 Å². The summed E-state index contributed by atoms with van der Waals surface area (Å²) < 4.78 is 8.72. The fraction of sp³-hybridized carbons (Fsp3) is 0. The van der Waals surface area contributed by atoms with E-state index in [0.717, 1.165) is 88.4 Å². The van der Waals surface area contributed by atoms with E-state index < -0.39 is 0 Å². The maximum Gasteiger partial charge on any atom is 0.235 e. The fourth-order valence-corrected chi connectivity index (χ4v) is 7.91. The largest absolute Gasteiger partial charge is 0.456 e. The van der Waals surface area contributed by atoms with Crippen molar-refractivity contribution in [2.75, 3.05) is 4.90 Å². The number of benzene rings is 8. The Morgan fingerprint density at radius 3 is 1.83 bits per heavy atom. The molecule has 53 heavy (non-hydrogen) atoms. The van der Waals surface area contributed by atoms with Crippen LogP contribution < -0.4 is 4.90 Å². The highest BCUT2D eigenvalue weighted by Crippen LogP contribution is 2.40. The van der Waals surface area contributed by atoms with Gasteiger partial charge in [0.1, 0.15) is 11.2 Å². The summed E-state index contributed by atoms with van der Waals surface area (Å²) in [4.78, 5) is 12.9. The van der Waals surface area contributed by atoms with Gasteiger partial charge in [0.25, 0.3) is 0 Å². The van der Waals surface area contributed by atoms with Crippen LogP contribution in [0.1, 0.15) is 0 Å². The summed E-state index contributed by atoms with van der Waals surface area (Å²) in [5.41, 5.74) is 9.71. The van der Waals surface area contributed by atoms with Crippen molar-refractivity contribution < 1.29 is 4.42 Å². The van der Waals surface area contributed by atoms with Crippen LogP contribution in [0.4, 0.5) is 17.1 Å². The molecule has 0 spiro atoms. The first-order valence-corrected chi connectivity index (χ1v) is 17.8. The molecule has 0 aliphatic heterocycles. The predicted octanol–water partition coefficient (Wildman–Crippen LogP) is 12.9. The lowest BCUT2D eigenvalue weighted by Crippen LogP contribution is -2.10. The topological polar surface area (TPSA) is 47.1 Å². The van der Waals surface area contributed by atoms with E-state index in [4.69, 9.17) is 14.4 Å². The van der Waals surface area contributed by atoms with Crippen LogP contribution in [0, 0.1) is 0 Å². The zero-order chi connectivity index (χ0) is 34.9. The minimum atomic E-state index is 0.615. The van der Waals surface area contributed by atoms with E-state index in [0.29, 0.717) is 5.95 Å². The van der Waals surface area contributed by atoms with E-state index in [1.54, 1.807) is 0 Å².